The molecule has 0 spiro atoms. The van der Waals surface area contributed by atoms with E-state index < -0.39 is 0 Å². The summed E-state index contributed by atoms with van der Waals surface area (Å²) in [6.07, 6.45) is 5.26. The molecule has 1 N–H and O–H groups in total. The number of fused-ring (bicyclic) bond motifs is 1. The highest BCUT2D eigenvalue weighted by atomic mass is 16.1. The molecule has 0 aliphatic carbocycles. The summed E-state index contributed by atoms with van der Waals surface area (Å²) in [5, 5.41) is 7.24. The van der Waals surface area contributed by atoms with E-state index in [2.05, 4.69) is 22.1 Å². The molecule has 6 heteroatoms. The third-order valence-corrected chi connectivity index (χ3v) is 3.81. The van der Waals surface area contributed by atoms with Crippen LogP contribution in [0.15, 0.2) is 28.0 Å². The molecule has 1 aliphatic heterocycles. The fourth-order valence-corrected chi connectivity index (χ4v) is 2.64. The maximum atomic E-state index is 12.1. The van der Waals surface area contributed by atoms with Crippen molar-refractivity contribution in [3.05, 3.63) is 39.2 Å². The number of aromatic nitrogens is 3. The normalized spacial score (nSPS) is 17.9. The minimum atomic E-state index is -0.315. The van der Waals surface area contributed by atoms with Gasteiger partial charge in [-0.1, -0.05) is 0 Å². The van der Waals surface area contributed by atoms with Crippen molar-refractivity contribution in [3.8, 4) is 0 Å². The van der Waals surface area contributed by atoms with Crippen molar-refractivity contribution >= 4 is 10.8 Å². The van der Waals surface area contributed by atoms with E-state index in [4.69, 9.17) is 0 Å². The Hall–Kier alpha value is -1.95. The SMILES string of the molecule is CN1CCC(n2cc3cn[nH]c(=O)c3cc2=O)CC1. The molecular weight excluding hydrogens is 244 g/mol. The van der Waals surface area contributed by atoms with Gasteiger partial charge in [-0.2, -0.15) is 5.10 Å². The van der Waals surface area contributed by atoms with Crippen LogP contribution in [0.5, 0.6) is 0 Å². The lowest BCUT2D eigenvalue weighted by molar-refractivity contribution is 0.219. The van der Waals surface area contributed by atoms with Crippen molar-refractivity contribution in [2.24, 2.45) is 0 Å². The zero-order valence-corrected chi connectivity index (χ0v) is 10.8. The molecule has 1 aliphatic rings. The van der Waals surface area contributed by atoms with Gasteiger partial charge in [0.2, 0.25) is 0 Å². The molecule has 0 aromatic carbocycles. The first-order chi connectivity index (χ1) is 9.15. The lowest BCUT2D eigenvalue weighted by Gasteiger charge is -2.30. The number of aromatic amines is 1. The van der Waals surface area contributed by atoms with Crippen molar-refractivity contribution in [3.63, 3.8) is 0 Å². The van der Waals surface area contributed by atoms with E-state index in [0.717, 1.165) is 25.9 Å². The van der Waals surface area contributed by atoms with Crippen molar-refractivity contribution in [1.82, 2.24) is 19.7 Å². The molecule has 0 radical (unpaired) electrons. The molecule has 0 amide bonds. The van der Waals surface area contributed by atoms with Crippen LogP contribution in [-0.2, 0) is 0 Å². The van der Waals surface area contributed by atoms with Gasteiger partial charge < -0.3 is 9.47 Å². The van der Waals surface area contributed by atoms with Gasteiger partial charge in [-0.25, -0.2) is 5.10 Å². The van der Waals surface area contributed by atoms with Crippen molar-refractivity contribution in [2.45, 2.75) is 18.9 Å². The summed E-state index contributed by atoms with van der Waals surface area (Å²) >= 11 is 0. The fraction of sp³-hybridized carbons (Fsp3) is 0.462. The number of nitrogens with one attached hydrogen (secondary N) is 1. The Morgan fingerprint density at radius 3 is 2.79 bits per heavy atom. The molecule has 0 atom stereocenters. The highest BCUT2D eigenvalue weighted by Gasteiger charge is 2.19. The molecule has 2 aromatic heterocycles. The topological polar surface area (TPSA) is 71.0 Å². The van der Waals surface area contributed by atoms with Gasteiger partial charge in [-0.3, -0.25) is 9.59 Å². The van der Waals surface area contributed by atoms with Crippen LogP contribution >= 0.6 is 0 Å². The Morgan fingerprint density at radius 1 is 1.32 bits per heavy atom. The van der Waals surface area contributed by atoms with E-state index in [0.29, 0.717) is 10.8 Å². The number of hydrogen-bond acceptors (Lipinski definition) is 4. The van der Waals surface area contributed by atoms with Gasteiger partial charge in [0.25, 0.3) is 11.1 Å². The molecular formula is C13H16N4O2. The van der Waals surface area contributed by atoms with E-state index in [9.17, 15) is 9.59 Å². The minimum Gasteiger partial charge on any atom is -0.312 e. The second-order valence-corrected chi connectivity index (χ2v) is 5.12. The van der Waals surface area contributed by atoms with Crippen LogP contribution in [0.25, 0.3) is 10.8 Å². The molecule has 0 unspecified atom stereocenters. The van der Waals surface area contributed by atoms with Crippen molar-refractivity contribution in [1.29, 1.82) is 0 Å². The van der Waals surface area contributed by atoms with Gasteiger partial charge in [0.05, 0.1) is 11.6 Å². The zero-order chi connectivity index (χ0) is 13.4. The monoisotopic (exact) mass is 260 g/mol. The zero-order valence-electron chi connectivity index (χ0n) is 10.8. The van der Waals surface area contributed by atoms with Crippen LogP contribution < -0.4 is 11.1 Å². The maximum Gasteiger partial charge on any atom is 0.272 e. The summed E-state index contributed by atoms with van der Waals surface area (Å²) in [7, 11) is 2.09. The van der Waals surface area contributed by atoms with Crippen molar-refractivity contribution < 1.29 is 0 Å². The van der Waals surface area contributed by atoms with Gasteiger partial charge in [0.1, 0.15) is 0 Å². The van der Waals surface area contributed by atoms with Crippen LogP contribution in [0, 0.1) is 0 Å². The Morgan fingerprint density at radius 2 is 2.05 bits per heavy atom. The summed E-state index contributed by atoms with van der Waals surface area (Å²) < 4.78 is 1.75. The first kappa shape index (κ1) is 12.1. The minimum absolute atomic E-state index is 0.112. The Kier molecular flexibility index (Phi) is 2.94. The lowest BCUT2D eigenvalue weighted by atomic mass is 10.0. The van der Waals surface area contributed by atoms with E-state index in [1.54, 1.807) is 17.0 Å². The predicted octanol–water partition coefficient (Wildman–Crippen LogP) is 0.351. The second-order valence-electron chi connectivity index (χ2n) is 5.12. The molecule has 100 valence electrons. The number of likely N-dealkylation sites (tertiary alicyclic amines) is 1. The van der Waals surface area contributed by atoms with E-state index in [-0.39, 0.29) is 17.2 Å². The summed E-state index contributed by atoms with van der Waals surface area (Å²) in [5.74, 6) is 0. The highest BCUT2D eigenvalue weighted by Crippen LogP contribution is 2.20. The van der Waals surface area contributed by atoms with E-state index >= 15 is 0 Å². The van der Waals surface area contributed by atoms with Gasteiger partial charge in [0, 0.05) is 23.7 Å². The molecule has 0 saturated carbocycles. The van der Waals surface area contributed by atoms with E-state index in [1.165, 1.54) is 6.07 Å². The smallest absolute Gasteiger partial charge is 0.272 e. The third kappa shape index (κ3) is 2.19. The van der Waals surface area contributed by atoms with Crippen LogP contribution in [0.1, 0.15) is 18.9 Å². The van der Waals surface area contributed by atoms with Gasteiger partial charge in [-0.15, -0.1) is 0 Å². The number of pyridine rings is 1. The highest BCUT2D eigenvalue weighted by molar-refractivity contribution is 5.79. The number of H-pyrrole nitrogens is 1. The fourth-order valence-electron chi connectivity index (χ4n) is 2.64. The molecule has 6 nitrogen and oxygen atoms in total. The first-order valence-corrected chi connectivity index (χ1v) is 6.43. The van der Waals surface area contributed by atoms with Gasteiger partial charge in [-0.05, 0) is 33.0 Å². The first-order valence-electron chi connectivity index (χ1n) is 6.43. The average Bonchev–Trinajstić information content (AvgIpc) is 2.40. The number of piperidine rings is 1. The van der Waals surface area contributed by atoms with Crippen LogP contribution in [0.3, 0.4) is 0 Å². The van der Waals surface area contributed by atoms with Gasteiger partial charge >= 0.3 is 0 Å². The number of hydrogen-bond donors (Lipinski definition) is 1. The molecule has 2 aromatic rings. The molecule has 0 bridgehead atoms. The summed E-state index contributed by atoms with van der Waals surface area (Å²) in [6.45, 7) is 1.98. The Balaban J connectivity index is 2.07. The Bertz CT molecular complexity index is 710. The average molecular weight is 260 g/mol. The predicted molar refractivity (Wildman–Crippen MR) is 72.4 cm³/mol. The second kappa shape index (κ2) is 4.62. The van der Waals surface area contributed by atoms with Crippen LogP contribution in [0.2, 0.25) is 0 Å². The van der Waals surface area contributed by atoms with E-state index in [1.807, 2.05) is 0 Å². The standard InChI is InChI=1S/C13H16N4O2/c1-16-4-2-10(3-5-16)17-8-9-7-14-15-13(19)11(9)6-12(17)18/h6-8,10H,2-5H2,1H3,(H,15,19). The molecule has 19 heavy (non-hydrogen) atoms. The van der Waals surface area contributed by atoms with Gasteiger partial charge in [0.15, 0.2) is 0 Å². The lowest BCUT2D eigenvalue weighted by Crippen LogP contribution is -2.35. The number of nitrogens with zero attached hydrogens (tertiary/aromatic N) is 3. The Labute approximate surface area is 109 Å². The molecule has 1 fully saturated rings. The summed E-state index contributed by atoms with van der Waals surface area (Å²) in [4.78, 5) is 26.0. The maximum absolute atomic E-state index is 12.1. The molecule has 3 heterocycles. The quantitative estimate of drug-likeness (QED) is 0.803. The number of rotatable bonds is 1. The summed E-state index contributed by atoms with van der Waals surface area (Å²) in [6, 6.07) is 1.63. The van der Waals surface area contributed by atoms with Crippen molar-refractivity contribution in [2.75, 3.05) is 20.1 Å². The molecule has 1 saturated heterocycles. The third-order valence-electron chi connectivity index (χ3n) is 3.81. The molecule has 3 rings (SSSR count). The van der Waals surface area contributed by atoms with Crippen LogP contribution in [0.4, 0.5) is 0 Å². The van der Waals surface area contributed by atoms with Crippen LogP contribution in [-0.4, -0.2) is 39.8 Å². The summed E-state index contributed by atoms with van der Waals surface area (Å²) in [5.41, 5.74) is -0.427. The largest absolute Gasteiger partial charge is 0.312 e.